The van der Waals surface area contributed by atoms with Crippen LogP contribution in [0.3, 0.4) is 0 Å². The first-order valence-corrected chi connectivity index (χ1v) is 7.06. The number of esters is 2. The molecule has 5 nitrogen and oxygen atoms in total. The Balaban J connectivity index is 4.68. The zero-order valence-corrected chi connectivity index (χ0v) is 13.3. The van der Waals surface area contributed by atoms with Gasteiger partial charge in [-0.15, -0.1) is 0 Å². The Morgan fingerprint density at radius 3 is 2.10 bits per heavy atom. The molecule has 0 saturated heterocycles. The fourth-order valence-corrected chi connectivity index (χ4v) is 1.47. The predicted molar refractivity (Wildman–Crippen MR) is 80.5 cm³/mol. The van der Waals surface area contributed by atoms with Crippen molar-refractivity contribution in [1.29, 1.82) is 0 Å². The van der Waals surface area contributed by atoms with Gasteiger partial charge >= 0.3 is 11.9 Å². The number of carbonyl (C=O) groups is 2. The highest BCUT2D eigenvalue weighted by molar-refractivity contribution is 5.87. The van der Waals surface area contributed by atoms with Crippen LogP contribution in [-0.4, -0.2) is 35.9 Å². The van der Waals surface area contributed by atoms with Gasteiger partial charge in [0, 0.05) is 17.6 Å². The molecular weight excluding hydrogens is 272 g/mol. The molecule has 0 saturated carbocycles. The van der Waals surface area contributed by atoms with Crippen molar-refractivity contribution in [2.75, 3.05) is 6.61 Å². The van der Waals surface area contributed by atoms with E-state index in [1.165, 1.54) is 13.8 Å². The molecule has 0 aliphatic heterocycles. The highest BCUT2D eigenvalue weighted by atomic mass is 16.6. The Labute approximate surface area is 126 Å². The van der Waals surface area contributed by atoms with Gasteiger partial charge in [-0.2, -0.15) is 0 Å². The summed E-state index contributed by atoms with van der Waals surface area (Å²) in [6, 6.07) is 0. The summed E-state index contributed by atoms with van der Waals surface area (Å²) in [4.78, 5) is 23.0. The van der Waals surface area contributed by atoms with E-state index in [4.69, 9.17) is 9.47 Å². The normalized spacial score (nSPS) is 14.7. The van der Waals surface area contributed by atoms with Crippen LogP contribution in [-0.2, 0) is 19.1 Å². The van der Waals surface area contributed by atoms with Crippen molar-refractivity contribution in [1.82, 2.24) is 0 Å². The molecule has 21 heavy (non-hydrogen) atoms. The van der Waals surface area contributed by atoms with Gasteiger partial charge in [0.25, 0.3) is 0 Å². The average Bonchev–Trinajstić information content (AvgIpc) is 2.42. The molecule has 0 radical (unpaired) electrons. The summed E-state index contributed by atoms with van der Waals surface area (Å²) in [5, 5.41) is 10.0. The van der Waals surface area contributed by atoms with Crippen LogP contribution in [0.1, 0.15) is 40.5 Å². The Morgan fingerprint density at radius 2 is 1.67 bits per heavy atom. The molecule has 0 aliphatic rings. The highest BCUT2D eigenvalue weighted by Crippen LogP contribution is 2.16. The average molecular weight is 298 g/mol. The molecule has 0 aliphatic carbocycles. The number of ether oxygens (including phenoxy) is 2. The van der Waals surface area contributed by atoms with Crippen molar-refractivity contribution in [2.24, 2.45) is 5.92 Å². The molecule has 1 N–H and O–H groups in total. The van der Waals surface area contributed by atoms with Gasteiger partial charge in [0.05, 0.1) is 6.10 Å². The first-order chi connectivity index (χ1) is 9.68. The molecule has 3 unspecified atom stereocenters. The van der Waals surface area contributed by atoms with E-state index in [2.05, 4.69) is 13.2 Å². The second-order valence-electron chi connectivity index (χ2n) is 5.38. The van der Waals surface area contributed by atoms with Crippen molar-refractivity contribution in [3.63, 3.8) is 0 Å². The Morgan fingerprint density at radius 1 is 1.14 bits per heavy atom. The van der Waals surface area contributed by atoms with Gasteiger partial charge in [-0.05, 0) is 19.8 Å². The van der Waals surface area contributed by atoms with Crippen LogP contribution in [0.4, 0.5) is 0 Å². The van der Waals surface area contributed by atoms with E-state index in [1.54, 1.807) is 0 Å². The van der Waals surface area contributed by atoms with E-state index in [1.807, 2.05) is 13.8 Å². The molecule has 3 atom stereocenters. The number of aliphatic hydroxyl groups is 1. The Hall–Kier alpha value is -1.62. The third-order valence-electron chi connectivity index (χ3n) is 3.18. The maximum atomic E-state index is 11.6. The molecule has 120 valence electrons. The van der Waals surface area contributed by atoms with Gasteiger partial charge < -0.3 is 14.6 Å². The smallest absolute Gasteiger partial charge is 0.333 e. The Bertz CT molecular complexity index is 399. The molecule has 0 aromatic rings. The van der Waals surface area contributed by atoms with Crippen LogP contribution in [0.5, 0.6) is 0 Å². The van der Waals surface area contributed by atoms with Crippen molar-refractivity contribution in [3.05, 3.63) is 24.3 Å². The monoisotopic (exact) mass is 298 g/mol. The summed E-state index contributed by atoms with van der Waals surface area (Å²) in [7, 11) is 0. The largest absolute Gasteiger partial charge is 0.458 e. The lowest BCUT2D eigenvalue weighted by molar-refractivity contribution is -0.156. The summed E-state index contributed by atoms with van der Waals surface area (Å²) in [5.74, 6) is -1.06. The molecule has 0 heterocycles. The molecule has 0 aromatic carbocycles. The molecule has 5 heteroatoms. The third-order valence-corrected chi connectivity index (χ3v) is 3.18. The van der Waals surface area contributed by atoms with Crippen LogP contribution < -0.4 is 0 Å². The number of rotatable bonds is 9. The number of aliphatic hydroxyl groups excluding tert-OH is 1. The second-order valence-corrected chi connectivity index (χ2v) is 5.38. The number of hydrogen-bond acceptors (Lipinski definition) is 5. The fraction of sp³-hybridized carbons (Fsp3) is 0.625. The summed E-state index contributed by atoms with van der Waals surface area (Å²) in [6.45, 7) is 13.8. The van der Waals surface area contributed by atoms with Crippen LogP contribution in [0.2, 0.25) is 0 Å². The lowest BCUT2D eigenvalue weighted by Gasteiger charge is -2.23. The van der Waals surface area contributed by atoms with Crippen LogP contribution in [0.15, 0.2) is 24.3 Å². The molecule has 0 spiro atoms. The number of carbonyl (C=O) groups excluding carboxylic acids is 2. The second kappa shape index (κ2) is 9.34. The first kappa shape index (κ1) is 19.4. The minimum absolute atomic E-state index is 0.0628. The van der Waals surface area contributed by atoms with Crippen LogP contribution in [0.25, 0.3) is 0 Å². The van der Waals surface area contributed by atoms with Gasteiger partial charge in [-0.25, -0.2) is 9.59 Å². The van der Waals surface area contributed by atoms with Gasteiger partial charge in [-0.3, -0.25) is 0 Å². The first-order valence-electron chi connectivity index (χ1n) is 7.06. The fourth-order valence-electron chi connectivity index (χ4n) is 1.47. The molecule has 0 amide bonds. The summed E-state index contributed by atoms with van der Waals surface area (Å²) in [6.07, 6.45) is -0.339. The van der Waals surface area contributed by atoms with E-state index >= 15 is 0 Å². The summed E-state index contributed by atoms with van der Waals surface area (Å²) < 4.78 is 10.2. The highest BCUT2D eigenvalue weighted by Gasteiger charge is 2.23. The molecule has 0 fully saturated rings. The lowest BCUT2D eigenvalue weighted by atomic mass is 9.97. The van der Waals surface area contributed by atoms with Crippen molar-refractivity contribution in [3.8, 4) is 0 Å². The van der Waals surface area contributed by atoms with E-state index in [9.17, 15) is 14.7 Å². The third kappa shape index (κ3) is 7.66. The van der Waals surface area contributed by atoms with E-state index in [-0.39, 0.29) is 30.1 Å². The van der Waals surface area contributed by atoms with Crippen molar-refractivity contribution >= 4 is 11.9 Å². The predicted octanol–water partition coefficient (Wildman–Crippen LogP) is 2.39. The maximum absolute atomic E-state index is 11.6. The molecular formula is C16H26O5. The van der Waals surface area contributed by atoms with Gasteiger partial charge in [0.2, 0.25) is 0 Å². The molecule has 0 aromatic heterocycles. The minimum Gasteiger partial charge on any atom is -0.458 e. The SMILES string of the molecule is C=C(C)C(=O)OCC(CC(O)C(C)CC)OC(=O)C(=C)C. The zero-order chi connectivity index (χ0) is 16.6. The summed E-state index contributed by atoms with van der Waals surface area (Å²) >= 11 is 0. The number of hydrogen-bond donors (Lipinski definition) is 1. The zero-order valence-electron chi connectivity index (χ0n) is 13.3. The molecule has 0 bridgehead atoms. The van der Waals surface area contributed by atoms with E-state index in [0.717, 1.165) is 6.42 Å². The van der Waals surface area contributed by atoms with E-state index < -0.39 is 24.1 Å². The lowest BCUT2D eigenvalue weighted by Crippen LogP contribution is -2.32. The van der Waals surface area contributed by atoms with E-state index in [0.29, 0.717) is 0 Å². The van der Waals surface area contributed by atoms with Crippen LogP contribution >= 0.6 is 0 Å². The van der Waals surface area contributed by atoms with Gasteiger partial charge in [0.15, 0.2) is 0 Å². The maximum Gasteiger partial charge on any atom is 0.333 e. The Kier molecular flexibility index (Phi) is 8.62. The van der Waals surface area contributed by atoms with Crippen molar-refractivity contribution in [2.45, 2.75) is 52.7 Å². The standard InChI is InChI=1S/C16H26O5/c1-7-12(6)14(17)8-13(21-16(19)11(4)5)9-20-15(18)10(2)3/h12-14,17H,2,4,7-9H2,1,3,5-6H3. The van der Waals surface area contributed by atoms with Crippen molar-refractivity contribution < 1.29 is 24.2 Å². The van der Waals surface area contributed by atoms with Crippen LogP contribution in [0, 0.1) is 5.92 Å². The van der Waals surface area contributed by atoms with Gasteiger partial charge in [-0.1, -0.05) is 33.4 Å². The summed E-state index contributed by atoms with van der Waals surface area (Å²) in [5.41, 5.74) is 0.520. The quantitative estimate of drug-likeness (QED) is 0.522. The van der Waals surface area contributed by atoms with Gasteiger partial charge in [0.1, 0.15) is 12.7 Å². The molecule has 0 rings (SSSR count). The topological polar surface area (TPSA) is 72.8 Å². The minimum atomic E-state index is -0.707.